The molecule has 1 aliphatic heterocycles. The molecule has 1 unspecified atom stereocenters. The van der Waals surface area contributed by atoms with Gasteiger partial charge in [-0.2, -0.15) is 4.68 Å². The average Bonchev–Trinajstić information content (AvgIpc) is 3.20. The highest BCUT2D eigenvalue weighted by Gasteiger charge is 2.34. The molecule has 2 N–H and O–H groups in total. The third-order valence-corrected chi connectivity index (χ3v) is 4.78. The van der Waals surface area contributed by atoms with Crippen molar-refractivity contribution in [3.8, 4) is 11.5 Å². The van der Waals surface area contributed by atoms with Gasteiger partial charge in [0.05, 0.1) is 25.5 Å². The largest absolute Gasteiger partial charge is 0.497 e. The number of fused-ring (bicyclic) bond motifs is 1. The summed E-state index contributed by atoms with van der Waals surface area (Å²) < 4.78 is 25.9. The van der Waals surface area contributed by atoms with Crippen molar-refractivity contribution in [1.82, 2.24) is 20.2 Å². The third kappa shape index (κ3) is 3.43. The number of hydrogen-bond donors (Lipinski definition) is 2. The van der Waals surface area contributed by atoms with Crippen LogP contribution >= 0.6 is 0 Å². The van der Waals surface area contributed by atoms with Gasteiger partial charge in [0.1, 0.15) is 23.4 Å². The number of carbonyl (C=O) groups is 1. The van der Waals surface area contributed by atoms with Gasteiger partial charge < -0.3 is 20.1 Å². The predicted molar refractivity (Wildman–Crippen MR) is 107 cm³/mol. The molecule has 10 heteroatoms. The number of benzene rings is 2. The zero-order valence-electron chi connectivity index (χ0n) is 16.5. The van der Waals surface area contributed by atoms with Crippen molar-refractivity contribution < 1.29 is 18.7 Å². The van der Waals surface area contributed by atoms with Gasteiger partial charge in [-0.25, -0.2) is 4.39 Å². The Hall–Kier alpha value is -3.95. The Morgan fingerprint density at radius 3 is 2.77 bits per heavy atom. The van der Waals surface area contributed by atoms with Crippen molar-refractivity contribution in [2.45, 2.75) is 13.0 Å². The standard InChI is InChI=1S/C20H19FN6O3/c1-11-17(19(28)23-15-8-7-14(29-2)10-16(15)30-3)18(12-5-4-6-13(21)9-12)27-20(22-11)24-25-26-27/h4-10,18H,1-3H3,(H,23,28)(H,22,24,26). The van der Waals surface area contributed by atoms with Gasteiger partial charge >= 0.3 is 0 Å². The predicted octanol–water partition coefficient (Wildman–Crippen LogP) is 2.76. The van der Waals surface area contributed by atoms with E-state index in [9.17, 15) is 9.18 Å². The van der Waals surface area contributed by atoms with E-state index in [0.717, 1.165) is 0 Å². The lowest BCUT2D eigenvalue weighted by Crippen LogP contribution is -2.31. The summed E-state index contributed by atoms with van der Waals surface area (Å²) in [6.07, 6.45) is 0. The molecule has 1 aliphatic rings. The Morgan fingerprint density at radius 1 is 1.20 bits per heavy atom. The molecule has 9 nitrogen and oxygen atoms in total. The topological polar surface area (TPSA) is 103 Å². The van der Waals surface area contributed by atoms with E-state index in [4.69, 9.17) is 9.47 Å². The fraction of sp³-hybridized carbons (Fsp3) is 0.200. The Labute approximate surface area is 171 Å². The molecule has 3 aromatic rings. The van der Waals surface area contributed by atoms with Crippen LogP contribution < -0.4 is 20.1 Å². The normalized spacial score (nSPS) is 15.3. The maximum atomic E-state index is 13.9. The number of allylic oxidation sites excluding steroid dienone is 1. The van der Waals surface area contributed by atoms with Crippen LogP contribution in [0.25, 0.3) is 0 Å². The number of amides is 1. The van der Waals surface area contributed by atoms with Crippen LogP contribution in [0.5, 0.6) is 11.5 Å². The van der Waals surface area contributed by atoms with E-state index in [1.54, 1.807) is 44.4 Å². The lowest BCUT2D eigenvalue weighted by atomic mass is 9.95. The second-order valence-corrected chi connectivity index (χ2v) is 6.59. The number of methoxy groups -OCH3 is 2. The van der Waals surface area contributed by atoms with E-state index in [1.807, 2.05) is 0 Å². The second-order valence-electron chi connectivity index (χ2n) is 6.59. The van der Waals surface area contributed by atoms with Gasteiger partial charge in [-0.05, 0) is 47.2 Å². The highest BCUT2D eigenvalue weighted by atomic mass is 19.1. The zero-order chi connectivity index (χ0) is 21.3. The van der Waals surface area contributed by atoms with Gasteiger partial charge in [0, 0.05) is 11.8 Å². The first-order valence-corrected chi connectivity index (χ1v) is 9.06. The molecule has 0 bridgehead atoms. The minimum absolute atomic E-state index is 0.346. The van der Waals surface area contributed by atoms with E-state index in [2.05, 4.69) is 26.2 Å². The molecule has 0 saturated carbocycles. The molecule has 1 atom stereocenters. The molecular formula is C20H19FN6O3. The highest BCUT2D eigenvalue weighted by molar-refractivity contribution is 6.06. The highest BCUT2D eigenvalue weighted by Crippen LogP contribution is 2.36. The summed E-state index contributed by atoms with van der Waals surface area (Å²) in [6, 6.07) is 10.3. The van der Waals surface area contributed by atoms with Gasteiger partial charge in [-0.1, -0.05) is 17.2 Å². The average molecular weight is 410 g/mol. The number of tetrazole rings is 1. The smallest absolute Gasteiger partial charge is 0.255 e. The first-order valence-electron chi connectivity index (χ1n) is 9.06. The molecule has 0 fully saturated rings. The van der Waals surface area contributed by atoms with Crippen molar-refractivity contribution in [3.05, 3.63) is 65.1 Å². The molecular weight excluding hydrogens is 391 g/mol. The molecule has 2 aromatic carbocycles. The molecule has 0 saturated heterocycles. The van der Waals surface area contributed by atoms with Crippen LogP contribution in [0.4, 0.5) is 16.0 Å². The fourth-order valence-electron chi connectivity index (χ4n) is 3.38. The first kappa shape index (κ1) is 19.4. The van der Waals surface area contributed by atoms with E-state index < -0.39 is 17.8 Å². The number of halogens is 1. The monoisotopic (exact) mass is 410 g/mol. The van der Waals surface area contributed by atoms with Crippen LogP contribution in [0, 0.1) is 5.82 Å². The molecule has 1 aromatic heterocycles. The van der Waals surface area contributed by atoms with Crippen LogP contribution in [0.15, 0.2) is 53.7 Å². The molecule has 0 radical (unpaired) electrons. The lowest BCUT2D eigenvalue weighted by Gasteiger charge is -2.28. The van der Waals surface area contributed by atoms with Crippen molar-refractivity contribution in [2.24, 2.45) is 0 Å². The van der Waals surface area contributed by atoms with Crippen molar-refractivity contribution in [2.75, 3.05) is 24.9 Å². The van der Waals surface area contributed by atoms with E-state index in [0.29, 0.717) is 40.0 Å². The van der Waals surface area contributed by atoms with E-state index in [1.165, 1.54) is 23.9 Å². The third-order valence-electron chi connectivity index (χ3n) is 4.78. The van der Waals surface area contributed by atoms with Crippen molar-refractivity contribution in [1.29, 1.82) is 0 Å². The molecule has 30 heavy (non-hydrogen) atoms. The van der Waals surface area contributed by atoms with Crippen molar-refractivity contribution in [3.63, 3.8) is 0 Å². The number of hydrogen-bond acceptors (Lipinski definition) is 7. The number of nitrogens with one attached hydrogen (secondary N) is 2. The molecule has 1 amide bonds. The van der Waals surface area contributed by atoms with Crippen LogP contribution in [-0.4, -0.2) is 40.3 Å². The summed E-state index contributed by atoms with van der Waals surface area (Å²) in [4.78, 5) is 13.3. The summed E-state index contributed by atoms with van der Waals surface area (Å²) in [5.74, 6) is 0.569. The van der Waals surface area contributed by atoms with Crippen molar-refractivity contribution >= 4 is 17.5 Å². The Kier molecular flexibility index (Phi) is 5.05. The summed E-state index contributed by atoms with van der Waals surface area (Å²) in [6.45, 7) is 1.74. The summed E-state index contributed by atoms with van der Waals surface area (Å²) in [5, 5.41) is 17.5. The Balaban J connectivity index is 1.75. The number of ether oxygens (including phenoxy) is 2. The van der Waals surface area contributed by atoms with Crippen LogP contribution in [-0.2, 0) is 4.79 Å². The van der Waals surface area contributed by atoms with Gasteiger partial charge in [-0.3, -0.25) is 4.79 Å². The molecule has 0 spiro atoms. The summed E-state index contributed by atoms with van der Waals surface area (Å²) >= 11 is 0. The quantitative estimate of drug-likeness (QED) is 0.667. The number of nitrogens with zero attached hydrogens (tertiary/aromatic N) is 4. The van der Waals surface area contributed by atoms with E-state index in [-0.39, 0.29) is 0 Å². The minimum Gasteiger partial charge on any atom is -0.497 e. The van der Waals surface area contributed by atoms with Gasteiger partial charge in [0.2, 0.25) is 5.95 Å². The fourth-order valence-corrected chi connectivity index (χ4v) is 3.38. The van der Waals surface area contributed by atoms with Crippen LogP contribution in [0.3, 0.4) is 0 Å². The summed E-state index contributed by atoms with van der Waals surface area (Å²) in [7, 11) is 3.04. The van der Waals surface area contributed by atoms with Crippen LogP contribution in [0.2, 0.25) is 0 Å². The Morgan fingerprint density at radius 2 is 2.03 bits per heavy atom. The van der Waals surface area contributed by atoms with Crippen LogP contribution in [0.1, 0.15) is 18.5 Å². The number of aromatic nitrogens is 4. The minimum atomic E-state index is -0.712. The van der Waals surface area contributed by atoms with Gasteiger partial charge in [-0.15, -0.1) is 0 Å². The molecule has 4 rings (SSSR count). The zero-order valence-corrected chi connectivity index (χ0v) is 16.5. The van der Waals surface area contributed by atoms with Gasteiger partial charge in [0.25, 0.3) is 5.91 Å². The number of rotatable bonds is 5. The molecule has 0 aliphatic carbocycles. The molecule has 154 valence electrons. The molecule has 2 heterocycles. The number of carbonyl (C=O) groups excluding carboxylic acids is 1. The second kappa shape index (κ2) is 7.82. The summed E-state index contributed by atoms with van der Waals surface area (Å²) in [5.41, 5.74) is 1.90. The van der Waals surface area contributed by atoms with Gasteiger partial charge in [0.15, 0.2) is 0 Å². The number of anilines is 2. The lowest BCUT2D eigenvalue weighted by molar-refractivity contribution is -0.113. The first-order chi connectivity index (χ1) is 14.5. The maximum absolute atomic E-state index is 13.9. The maximum Gasteiger partial charge on any atom is 0.255 e. The van der Waals surface area contributed by atoms with E-state index >= 15 is 0 Å². The Bertz CT molecular complexity index is 1140. The SMILES string of the molecule is COc1ccc(NC(=O)C2=C(C)Nc3nnnn3C2c2cccc(F)c2)c(OC)c1.